The van der Waals surface area contributed by atoms with Gasteiger partial charge in [0.2, 0.25) is 0 Å². The van der Waals surface area contributed by atoms with Crippen LogP contribution < -0.4 is 10.2 Å². The molecule has 4 nitrogen and oxygen atoms in total. The molecule has 0 spiro atoms. The van der Waals surface area contributed by atoms with Crippen LogP contribution in [-0.4, -0.2) is 43.4 Å². The zero-order valence-corrected chi connectivity index (χ0v) is 14.9. The van der Waals surface area contributed by atoms with Gasteiger partial charge in [-0.15, -0.1) is 11.3 Å². The molecule has 1 aromatic heterocycles. The number of hydrogen-bond acceptors (Lipinski definition) is 5. The third-order valence-corrected chi connectivity index (χ3v) is 5.09. The maximum Gasteiger partial charge on any atom is 0.196 e. The monoisotopic (exact) mass is 343 g/mol. The van der Waals surface area contributed by atoms with Gasteiger partial charge in [-0.05, 0) is 44.8 Å². The molecule has 0 saturated heterocycles. The minimum absolute atomic E-state index is 0.0381. The summed E-state index contributed by atoms with van der Waals surface area (Å²) in [6, 6.07) is 11.4. The fraction of sp³-hybridized carbons (Fsp3) is 0.316. The van der Waals surface area contributed by atoms with E-state index in [0.29, 0.717) is 17.7 Å². The maximum absolute atomic E-state index is 12.8. The number of likely N-dealkylation sites (N-methyl/N-ethyl adjacent to an activating group) is 1. The molecule has 3 aromatic rings. The van der Waals surface area contributed by atoms with Gasteiger partial charge in [0.25, 0.3) is 0 Å². The molecule has 2 aromatic carbocycles. The first kappa shape index (κ1) is 16.9. The van der Waals surface area contributed by atoms with Crippen molar-refractivity contribution < 1.29 is 9.84 Å². The molecule has 1 atom stereocenters. The summed E-state index contributed by atoms with van der Waals surface area (Å²) in [7, 11) is 3.81. The van der Waals surface area contributed by atoms with Crippen molar-refractivity contribution >= 4 is 31.5 Å². The number of hydrogen-bond donors (Lipinski definition) is 1. The second-order valence-corrected chi connectivity index (χ2v) is 7.29. The molecule has 3 rings (SSSR count). The Bertz CT molecular complexity index is 933. The van der Waals surface area contributed by atoms with Gasteiger partial charge in [-0.2, -0.15) is 0 Å². The Hall–Kier alpha value is -1.95. The van der Waals surface area contributed by atoms with Gasteiger partial charge in [-0.25, -0.2) is 0 Å². The lowest BCUT2D eigenvalue weighted by atomic mass is 10.1. The Morgan fingerprint density at radius 1 is 1.21 bits per heavy atom. The highest BCUT2D eigenvalue weighted by Crippen LogP contribution is 2.33. The molecule has 1 N–H and O–H groups in total. The smallest absolute Gasteiger partial charge is 0.196 e. The van der Waals surface area contributed by atoms with E-state index in [1.807, 2.05) is 62.3 Å². The van der Waals surface area contributed by atoms with E-state index in [1.165, 1.54) is 0 Å². The molecular weight excluding hydrogens is 322 g/mol. The van der Waals surface area contributed by atoms with Crippen molar-refractivity contribution in [3.05, 3.63) is 52.2 Å². The third-order valence-electron chi connectivity index (χ3n) is 3.91. The molecule has 24 heavy (non-hydrogen) atoms. The van der Waals surface area contributed by atoms with Gasteiger partial charge in [0, 0.05) is 22.0 Å². The predicted molar refractivity (Wildman–Crippen MR) is 100 cm³/mol. The topological polar surface area (TPSA) is 49.8 Å². The van der Waals surface area contributed by atoms with Gasteiger partial charge in [-0.3, -0.25) is 4.79 Å². The summed E-state index contributed by atoms with van der Waals surface area (Å²) in [5.41, 5.74) is 0.981. The number of fused-ring (bicyclic) bond motifs is 2. The lowest BCUT2D eigenvalue weighted by Gasteiger charge is -2.17. The minimum atomic E-state index is -0.575. The molecule has 1 heterocycles. The van der Waals surface area contributed by atoms with Gasteiger partial charge in [0.05, 0.1) is 4.70 Å². The normalized spacial score (nSPS) is 12.9. The average Bonchev–Trinajstić information content (AvgIpc) is 2.53. The Balaban J connectivity index is 2.06. The standard InChI is InChI=1S/C19H21NO3S/c1-12-8-9-15(23-11-13(21)10-20(2)3)19-17(12)18(22)14-6-4-5-7-16(14)24-19/h4-9,13,21H,10-11H2,1-3H3. The van der Waals surface area contributed by atoms with E-state index in [1.54, 1.807) is 11.3 Å². The van der Waals surface area contributed by atoms with Gasteiger partial charge >= 0.3 is 0 Å². The van der Waals surface area contributed by atoms with E-state index in [-0.39, 0.29) is 12.0 Å². The first-order valence-corrected chi connectivity index (χ1v) is 8.70. The van der Waals surface area contributed by atoms with Gasteiger partial charge in [0.15, 0.2) is 5.43 Å². The molecule has 0 aliphatic carbocycles. The number of ether oxygens (including phenoxy) is 1. The molecule has 0 fully saturated rings. The Labute approximate surface area is 144 Å². The third kappa shape index (κ3) is 3.29. The van der Waals surface area contributed by atoms with Crippen LogP contribution in [0.4, 0.5) is 0 Å². The number of aliphatic hydroxyl groups excluding tert-OH is 1. The highest BCUT2D eigenvalue weighted by Gasteiger charge is 2.14. The Morgan fingerprint density at radius 2 is 1.96 bits per heavy atom. The fourth-order valence-corrected chi connectivity index (χ4v) is 4.03. The van der Waals surface area contributed by atoms with Crippen LogP contribution in [-0.2, 0) is 0 Å². The van der Waals surface area contributed by atoms with Crippen LogP contribution in [0.15, 0.2) is 41.2 Å². The van der Waals surface area contributed by atoms with Crippen LogP contribution in [0.1, 0.15) is 5.56 Å². The predicted octanol–water partition coefficient (Wildman–Crippen LogP) is 3.02. The number of aryl methyl sites for hydroxylation is 1. The number of rotatable bonds is 5. The fourth-order valence-electron chi connectivity index (χ4n) is 2.81. The molecule has 1 unspecified atom stereocenters. The van der Waals surface area contributed by atoms with E-state index >= 15 is 0 Å². The summed E-state index contributed by atoms with van der Waals surface area (Å²) in [4.78, 5) is 14.7. The zero-order valence-electron chi connectivity index (χ0n) is 14.1. The quantitative estimate of drug-likeness (QED) is 0.724. The van der Waals surface area contributed by atoms with Crippen LogP contribution in [0.5, 0.6) is 5.75 Å². The van der Waals surface area contributed by atoms with Gasteiger partial charge in [-0.1, -0.05) is 18.2 Å². The summed E-state index contributed by atoms with van der Waals surface area (Å²) >= 11 is 1.55. The van der Waals surface area contributed by atoms with Crippen LogP contribution in [0, 0.1) is 6.92 Å². The SMILES string of the molecule is Cc1ccc(OCC(O)CN(C)C)c2sc3ccccc3c(=O)c12. The Kier molecular flexibility index (Phi) is 4.85. The van der Waals surface area contributed by atoms with E-state index in [9.17, 15) is 9.90 Å². The van der Waals surface area contributed by atoms with E-state index in [0.717, 1.165) is 20.3 Å². The summed E-state index contributed by atoms with van der Waals surface area (Å²) in [6.45, 7) is 2.67. The first-order valence-electron chi connectivity index (χ1n) is 7.88. The van der Waals surface area contributed by atoms with Crippen LogP contribution in [0.2, 0.25) is 0 Å². The summed E-state index contributed by atoms with van der Waals surface area (Å²) in [5, 5.41) is 11.5. The molecule has 0 radical (unpaired) electrons. The van der Waals surface area contributed by atoms with Gasteiger partial charge < -0.3 is 14.7 Å². The molecule has 5 heteroatoms. The second-order valence-electron chi connectivity index (χ2n) is 6.24. The molecule has 0 aliphatic rings. The van der Waals surface area contributed by atoms with E-state index in [4.69, 9.17) is 4.74 Å². The summed E-state index contributed by atoms with van der Waals surface area (Å²) in [6.07, 6.45) is -0.575. The average molecular weight is 343 g/mol. The number of benzene rings is 2. The van der Waals surface area contributed by atoms with Crippen molar-refractivity contribution in [2.75, 3.05) is 27.2 Å². The minimum Gasteiger partial charge on any atom is -0.489 e. The van der Waals surface area contributed by atoms with Crippen molar-refractivity contribution in [3.8, 4) is 5.75 Å². The van der Waals surface area contributed by atoms with Crippen molar-refractivity contribution in [3.63, 3.8) is 0 Å². The van der Waals surface area contributed by atoms with Crippen molar-refractivity contribution in [1.29, 1.82) is 0 Å². The van der Waals surface area contributed by atoms with E-state index in [2.05, 4.69) is 0 Å². The highest BCUT2D eigenvalue weighted by atomic mass is 32.1. The maximum atomic E-state index is 12.8. The lowest BCUT2D eigenvalue weighted by Crippen LogP contribution is -2.30. The van der Waals surface area contributed by atoms with Crippen molar-refractivity contribution in [1.82, 2.24) is 4.90 Å². The number of nitrogens with zero attached hydrogens (tertiary/aromatic N) is 1. The Morgan fingerprint density at radius 3 is 2.71 bits per heavy atom. The molecule has 0 amide bonds. The van der Waals surface area contributed by atoms with Crippen LogP contribution >= 0.6 is 11.3 Å². The van der Waals surface area contributed by atoms with E-state index < -0.39 is 6.10 Å². The zero-order chi connectivity index (χ0) is 17.3. The second kappa shape index (κ2) is 6.89. The van der Waals surface area contributed by atoms with Gasteiger partial charge in [0.1, 0.15) is 18.5 Å². The molecule has 0 saturated carbocycles. The molecule has 126 valence electrons. The van der Waals surface area contributed by atoms with Crippen molar-refractivity contribution in [2.24, 2.45) is 0 Å². The summed E-state index contributed by atoms with van der Waals surface area (Å²) in [5.74, 6) is 0.654. The van der Waals surface area contributed by atoms with Crippen LogP contribution in [0.3, 0.4) is 0 Å². The largest absolute Gasteiger partial charge is 0.489 e. The summed E-state index contributed by atoms with van der Waals surface area (Å²) < 4.78 is 7.62. The molecular formula is C19H21NO3S. The highest BCUT2D eigenvalue weighted by molar-refractivity contribution is 7.24. The van der Waals surface area contributed by atoms with Crippen LogP contribution in [0.25, 0.3) is 20.2 Å². The molecule has 0 bridgehead atoms. The number of aliphatic hydroxyl groups is 1. The molecule has 0 aliphatic heterocycles. The lowest BCUT2D eigenvalue weighted by molar-refractivity contribution is 0.0838. The van der Waals surface area contributed by atoms with Crippen molar-refractivity contribution in [2.45, 2.75) is 13.0 Å². The first-order chi connectivity index (χ1) is 11.5.